The monoisotopic (exact) mass is 388 g/mol. The van der Waals surface area contributed by atoms with Gasteiger partial charge < -0.3 is 15.7 Å². The first-order valence-electron chi connectivity index (χ1n) is 7.96. The second-order valence-corrected chi connectivity index (χ2v) is 6.74. The first-order chi connectivity index (χ1) is 12.4. The average Bonchev–Trinajstić information content (AvgIpc) is 2.59. The SMILES string of the molecule is CC1CC(=O)NN=C1c1ccc(O)c(NC(=S)Nc2ccccc2Cl)c1. The number of nitrogens with zero attached hydrogens (tertiary/aromatic N) is 1. The lowest BCUT2D eigenvalue weighted by Gasteiger charge is -2.20. The predicted molar refractivity (Wildman–Crippen MR) is 108 cm³/mol. The molecule has 1 unspecified atom stereocenters. The van der Waals surface area contributed by atoms with Crippen LogP contribution in [0.4, 0.5) is 11.4 Å². The molecule has 2 aromatic rings. The fourth-order valence-corrected chi connectivity index (χ4v) is 3.04. The molecule has 2 aromatic carbocycles. The third-order valence-corrected chi connectivity index (χ3v) is 4.46. The van der Waals surface area contributed by atoms with Crippen LogP contribution in [0.5, 0.6) is 5.75 Å². The Morgan fingerprint density at radius 3 is 2.73 bits per heavy atom. The molecule has 134 valence electrons. The number of anilines is 2. The van der Waals surface area contributed by atoms with Gasteiger partial charge in [0, 0.05) is 17.9 Å². The zero-order valence-electron chi connectivity index (χ0n) is 13.9. The van der Waals surface area contributed by atoms with Crippen LogP contribution in [-0.2, 0) is 4.79 Å². The van der Waals surface area contributed by atoms with Gasteiger partial charge in [0.25, 0.3) is 0 Å². The Hall–Kier alpha value is -2.64. The first kappa shape index (κ1) is 18.2. The van der Waals surface area contributed by atoms with Crippen molar-refractivity contribution in [2.75, 3.05) is 10.6 Å². The Morgan fingerprint density at radius 1 is 1.27 bits per heavy atom. The van der Waals surface area contributed by atoms with Crippen LogP contribution < -0.4 is 16.1 Å². The summed E-state index contributed by atoms with van der Waals surface area (Å²) in [5, 5.41) is 21.0. The summed E-state index contributed by atoms with van der Waals surface area (Å²) >= 11 is 11.4. The zero-order chi connectivity index (χ0) is 18.7. The molecule has 1 amide bonds. The van der Waals surface area contributed by atoms with E-state index in [2.05, 4.69) is 21.2 Å². The van der Waals surface area contributed by atoms with Crippen molar-refractivity contribution in [3.05, 3.63) is 53.1 Å². The van der Waals surface area contributed by atoms with Crippen molar-refractivity contribution in [2.45, 2.75) is 13.3 Å². The van der Waals surface area contributed by atoms with Crippen molar-refractivity contribution in [3.63, 3.8) is 0 Å². The molecule has 8 heteroatoms. The average molecular weight is 389 g/mol. The zero-order valence-corrected chi connectivity index (χ0v) is 15.5. The molecule has 1 aliphatic heterocycles. The molecular formula is C18H17ClN4O2S. The molecule has 0 saturated carbocycles. The number of hydrogen-bond donors (Lipinski definition) is 4. The standard InChI is InChI=1S/C18H17ClN4O2S/c1-10-8-16(25)22-23-17(10)11-6-7-15(24)14(9-11)21-18(26)20-13-5-3-2-4-12(13)19/h2-7,9-10,24H,8H2,1H3,(H,22,25)(H2,20,21,26). The second kappa shape index (κ2) is 7.72. The molecule has 1 aliphatic rings. The maximum absolute atomic E-state index is 11.4. The second-order valence-electron chi connectivity index (χ2n) is 5.93. The number of rotatable bonds is 3. The van der Waals surface area contributed by atoms with E-state index in [1.54, 1.807) is 30.3 Å². The molecule has 3 rings (SSSR count). The lowest BCUT2D eigenvalue weighted by Crippen LogP contribution is -2.32. The number of amides is 1. The Labute approximate surface area is 161 Å². The molecule has 6 nitrogen and oxygen atoms in total. The number of phenolic OH excluding ortho intramolecular Hbond substituents is 1. The maximum atomic E-state index is 11.4. The Bertz CT molecular complexity index is 901. The molecule has 1 atom stereocenters. The van der Waals surface area contributed by atoms with Gasteiger partial charge >= 0.3 is 0 Å². The molecule has 26 heavy (non-hydrogen) atoms. The van der Waals surface area contributed by atoms with Crippen molar-refractivity contribution in [1.82, 2.24) is 5.43 Å². The van der Waals surface area contributed by atoms with E-state index in [1.807, 2.05) is 19.1 Å². The summed E-state index contributed by atoms with van der Waals surface area (Å²) in [6.07, 6.45) is 0.370. The summed E-state index contributed by atoms with van der Waals surface area (Å²) in [7, 11) is 0. The first-order valence-corrected chi connectivity index (χ1v) is 8.75. The molecule has 0 aliphatic carbocycles. The fraction of sp³-hybridized carbons (Fsp3) is 0.167. The quantitative estimate of drug-likeness (QED) is 0.475. The van der Waals surface area contributed by atoms with Crippen molar-refractivity contribution in [3.8, 4) is 5.75 Å². The van der Waals surface area contributed by atoms with Crippen LogP contribution >= 0.6 is 23.8 Å². The summed E-state index contributed by atoms with van der Waals surface area (Å²) in [6, 6.07) is 12.3. The van der Waals surface area contributed by atoms with Gasteiger partial charge in [-0.05, 0) is 42.5 Å². The van der Waals surface area contributed by atoms with Crippen LogP contribution in [-0.4, -0.2) is 21.8 Å². The van der Waals surface area contributed by atoms with Crippen LogP contribution in [0.2, 0.25) is 5.02 Å². The highest BCUT2D eigenvalue weighted by Crippen LogP contribution is 2.28. The van der Waals surface area contributed by atoms with E-state index in [9.17, 15) is 9.90 Å². The summed E-state index contributed by atoms with van der Waals surface area (Å²) in [5.41, 5.74) is 5.12. The van der Waals surface area contributed by atoms with E-state index >= 15 is 0 Å². The number of carbonyl (C=O) groups excluding carboxylic acids is 1. The van der Waals surface area contributed by atoms with E-state index in [0.29, 0.717) is 22.8 Å². The van der Waals surface area contributed by atoms with Crippen molar-refractivity contribution in [2.24, 2.45) is 11.0 Å². The molecule has 1 heterocycles. The van der Waals surface area contributed by atoms with Crippen LogP contribution in [0.15, 0.2) is 47.6 Å². The number of carbonyl (C=O) groups is 1. The number of nitrogens with one attached hydrogen (secondary N) is 3. The highest BCUT2D eigenvalue weighted by atomic mass is 35.5. The van der Waals surface area contributed by atoms with E-state index < -0.39 is 0 Å². The Balaban J connectivity index is 1.79. The van der Waals surface area contributed by atoms with Gasteiger partial charge in [0.05, 0.1) is 22.1 Å². The Kier molecular flexibility index (Phi) is 5.39. The highest BCUT2D eigenvalue weighted by Gasteiger charge is 2.22. The lowest BCUT2D eigenvalue weighted by atomic mass is 9.94. The molecule has 0 saturated heterocycles. The van der Waals surface area contributed by atoms with Crippen LogP contribution in [0.25, 0.3) is 0 Å². The Morgan fingerprint density at radius 2 is 2.00 bits per heavy atom. The molecule has 0 bridgehead atoms. The molecule has 0 spiro atoms. The largest absolute Gasteiger partial charge is 0.506 e. The fourth-order valence-electron chi connectivity index (χ4n) is 2.64. The van der Waals surface area contributed by atoms with Gasteiger partial charge in [-0.25, -0.2) is 5.43 Å². The van der Waals surface area contributed by atoms with Crippen molar-refractivity contribution in [1.29, 1.82) is 0 Å². The number of benzene rings is 2. The van der Waals surface area contributed by atoms with Crippen LogP contribution in [0.1, 0.15) is 18.9 Å². The minimum absolute atomic E-state index is 0.0191. The van der Waals surface area contributed by atoms with Crippen LogP contribution in [0, 0.1) is 5.92 Å². The van der Waals surface area contributed by atoms with E-state index in [0.717, 1.165) is 11.3 Å². The number of hydrogen-bond acceptors (Lipinski definition) is 4. The maximum Gasteiger partial charge on any atom is 0.240 e. The third kappa shape index (κ3) is 4.12. The van der Waals surface area contributed by atoms with E-state index in [4.69, 9.17) is 23.8 Å². The summed E-state index contributed by atoms with van der Waals surface area (Å²) in [6.45, 7) is 1.93. The number of hydrazone groups is 1. The van der Waals surface area contributed by atoms with Gasteiger partial charge in [0.2, 0.25) is 5.91 Å². The summed E-state index contributed by atoms with van der Waals surface area (Å²) in [4.78, 5) is 11.4. The van der Waals surface area contributed by atoms with Gasteiger partial charge in [-0.1, -0.05) is 30.7 Å². The topological polar surface area (TPSA) is 85.8 Å². The number of para-hydroxylation sites is 1. The van der Waals surface area contributed by atoms with Gasteiger partial charge in [0.1, 0.15) is 5.75 Å². The van der Waals surface area contributed by atoms with Gasteiger partial charge in [-0.2, -0.15) is 5.10 Å². The van der Waals surface area contributed by atoms with Crippen LogP contribution in [0.3, 0.4) is 0 Å². The smallest absolute Gasteiger partial charge is 0.240 e. The highest BCUT2D eigenvalue weighted by molar-refractivity contribution is 7.80. The van der Waals surface area contributed by atoms with Gasteiger partial charge in [-0.3, -0.25) is 4.79 Å². The number of thiocarbonyl (C=S) groups is 1. The minimum Gasteiger partial charge on any atom is -0.506 e. The van der Waals surface area contributed by atoms with Gasteiger partial charge in [-0.15, -0.1) is 0 Å². The number of aromatic hydroxyl groups is 1. The summed E-state index contributed by atoms with van der Waals surface area (Å²) < 4.78 is 0. The van der Waals surface area contributed by atoms with Crippen molar-refractivity contribution >= 4 is 51.9 Å². The van der Waals surface area contributed by atoms with E-state index in [1.165, 1.54) is 0 Å². The lowest BCUT2D eigenvalue weighted by molar-refractivity contribution is -0.121. The normalized spacial score (nSPS) is 16.5. The molecule has 4 N–H and O–H groups in total. The van der Waals surface area contributed by atoms with Crippen molar-refractivity contribution < 1.29 is 9.90 Å². The summed E-state index contributed by atoms with van der Waals surface area (Å²) in [5.74, 6) is -0.0806. The third-order valence-electron chi connectivity index (χ3n) is 3.92. The van der Waals surface area contributed by atoms with E-state index in [-0.39, 0.29) is 22.7 Å². The number of phenols is 1. The number of halogens is 1. The van der Waals surface area contributed by atoms with Gasteiger partial charge in [0.15, 0.2) is 5.11 Å². The molecule has 0 aromatic heterocycles. The molecule has 0 fully saturated rings. The molecule has 0 radical (unpaired) electrons. The minimum atomic E-state index is -0.108. The molecular weight excluding hydrogens is 372 g/mol. The predicted octanol–water partition coefficient (Wildman–Crippen LogP) is 3.71.